The van der Waals surface area contributed by atoms with E-state index in [4.69, 9.17) is 33.9 Å². The molecule has 2 aromatic carbocycles. The molecule has 8 heteroatoms. The van der Waals surface area contributed by atoms with Crippen molar-refractivity contribution in [2.45, 2.75) is 13.2 Å². The molecule has 0 fully saturated rings. The number of benzene rings is 2. The first-order valence-electron chi connectivity index (χ1n) is 8.57. The van der Waals surface area contributed by atoms with Crippen LogP contribution < -0.4 is 4.90 Å². The van der Waals surface area contributed by atoms with E-state index in [9.17, 15) is 0 Å². The zero-order valence-electron chi connectivity index (χ0n) is 15.0. The molecule has 0 radical (unpaired) electrons. The Morgan fingerprint density at radius 3 is 2.67 bits per heavy atom. The van der Waals surface area contributed by atoms with Gasteiger partial charge in [0.15, 0.2) is 12.5 Å². The minimum Gasteiger partial charge on any atom is -0.313 e. The van der Waals surface area contributed by atoms with Gasteiger partial charge < -0.3 is 9.47 Å². The van der Waals surface area contributed by atoms with Crippen LogP contribution in [0, 0.1) is 4.77 Å². The van der Waals surface area contributed by atoms with Gasteiger partial charge in [-0.1, -0.05) is 35.9 Å². The number of thiazole rings is 1. The molecule has 2 heterocycles. The fraction of sp³-hybridized carbons (Fsp3) is 0.211. The molecule has 0 saturated heterocycles. The van der Waals surface area contributed by atoms with Gasteiger partial charge in [-0.25, -0.2) is 4.98 Å². The zero-order chi connectivity index (χ0) is 19.0. The van der Waals surface area contributed by atoms with E-state index in [1.54, 1.807) is 11.3 Å². The fourth-order valence-corrected chi connectivity index (χ4v) is 4.53. The van der Waals surface area contributed by atoms with Crippen LogP contribution >= 0.6 is 35.2 Å². The summed E-state index contributed by atoms with van der Waals surface area (Å²) in [5.74, 6) is 0.776. The summed E-state index contributed by atoms with van der Waals surface area (Å²) in [6.07, 6.45) is 0. The van der Waals surface area contributed by atoms with Gasteiger partial charge in [0.2, 0.25) is 4.77 Å². The number of rotatable bonds is 5. The maximum atomic E-state index is 6.34. The molecule has 4 rings (SSSR count). The van der Waals surface area contributed by atoms with Gasteiger partial charge in [-0.2, -0.15) is 4.68 Å². The number of hydrogen-bond donors (Lipinski definition) is 1. The smallest absolute Gasteiger partial charge is 0.202 e. The molecule has 0 saturated carbocycles. The van der Waals surface area contributed by atoms with Gasteiger partial charge in [0.05, 0.1) is 22.3 Å². The van der Waals surface area contributed by atoms with Crippen molar-refractivity contribution in [1.29, 1.82) is 0 Å². The Balaban J connectivity index is 1.56. The Morgan fingerprint density at radius 1 is 1.15 bits per heavy atom. The first-order chi connectivity index (χ1) is 13.0. The number of hydrogen-bond acceptors (Lipinski definition) is 4. The lowest BCUT2D eigenvalue weighted by molar-refractivity contribution is -0.917. The summed E-state index contributed by atoms with van der Waals surface area (Å²) in [7, 11) is 4.05. The number of nitrogens with zero attached hydrogens (tertiary/aromatic N) is 4. The monoisotopic (exact) mass is 416 g/mol. The predicted molar refractivity (Wildman–Crippen MR) is 113 cm³/mol. The number of nitrogens with one attached hydrogen (secondary N) is 1. The molecule has 0 aliphatic heterocycles. The normalized spacial score (nSPS) is 12.6. The number of halogens is 1. The Hall–Kier alpha value is -2.06. The molecular weight excluding hydrogens is 398 g/mol. The number of para-hydroxylation sites is 1. The van der Waals surface area contributed by atoms with E-state index in [0.29, 0.717) is 16.5 Å². The van der Waals surface area contributed by atoms with Crippen molar-refractivity contribution in [3.8, 4) is 11.4 Å². The summed E-state index contributed by atoms with van der Waals surface area (Å²) >= 11 is 13.7. The highest BCUT2D eigenvalue weighted by atomic mass is 35.5. The van der Waals surface area contributed by atoms with Crippen molar-refractivity contribution >= 4 is 45.4 Å². The Kier molecular flexibility index (Phi) is 5.10. The van der Waals surface area contributed by atoms with Gasteiger partial charge in [0.1, 0.15) is 11.6 Å². The largest absolute Gasteiger partial charge is 0.313 e. The predicted octanol–water partition coefficient (Wildman–Crippen LogP) is 3.55. The van der Waals surface area contributed by atoms with Crippen molar-refractivity contribution in [2.75, 3.05) is 7.05 Å². The second-order valence-corrected chi connectivity index (χ2v) is 8.40. The van der Waals surface area contributed by atoms with Crippen LogP contribution in [-0.2, 0) is 20.3 Å². The quantitative estimate of drug-likeness (QED) is 0.506. The van der Waals surface area contributed by atoms with Crippen LogP contribution in [0.4, 0.5) is 0 Å². The molecule has 138 valence electrons. The Bertz CT molecular complexity index is 1130. The Labute approximate surface area is 171 Å². The van der Waals surface area contributed by atoms with E-state index < -0.39 is 0 Å². The van der Waals surface area contributed by atoms with Crippen LogP contribution in [0.5, 0.6) is 0 Å². The van der Waals surface area contributed by atoms with Gasteiger partial charge >= 0.3 is 0 Å². The van der Waals surface area contributed by atoms with Crippen molar-refractivity contribution in [3.05, 3.63) is 63.3 Å². The minimum absolute atomic E-state index is 0.660. The lowest BCUT2D eigenvalue weighted by Crippen LogP contribution is -3.07. The van der Waals surface area contributed by atoms with Crippen LogP contribution in [0.3, 0.4) is 0 Å². The minimum atomic E-state index is 0.660. The highest BCUT2D eigenvalue weighted by Crippen LogP contribution is 2.26. The number of aromatic nitrogens is 4. The third-order valence-corrected chi connectivity index (χ3v) is 6.22. The second kappa shape index (κ2) is 7.52. The topological polar surface area (TPSA) is 40.1 Å². The molecule has 2 aromatic heterocycles. The van der Waals surface area contributed by atoms with Crippen LogP contribution in [0.15, 0.2) is 48.5 Å². The van der Waals surface area contributed by atoms with E-state index in [-0.39, 0.29) is 0 Å². The van der Waals surface area contributed by atoms with Crippen molar-refractivity contribution < 1.29 is 4.90 Å². The standard InChI is InChI=1S/C19H18ClN5S2/c1-23(11-17-21-15-9-5-6-10-16(15)27-17)12-25-19(26)24(2)18(22-25)13-7-3-4-8-14(13)20/h3-10H,11-12H2,1-2H3/p+1. The van der Waals surface area contributed by atoms with Crippen molar-refractivity contribution in [2.24, 2.45) is 7.05 Å². The molecule has 0 spiro atoms. The maximum Gasteiger partial charge on any atom is 0.202 e. The summed E-state index contributed by atoms with van der Waals surface area (Å²) in [5, 5.41) is 6.50. The second-order valence-electron chi connectivity index (χ2n) is 6.51. The van der Waals surface area contributed by atoms with Crippen LogP contribution in [-0.4, -0.2) is 26.4 Å². The molecule has 4 aromatic rings. The average Bonchev–Trinajstić information content (AvgIpc) is 3.17. The molecule has 27 heavy (non-hydrogen) atoms. The van der Waals surface area contributed by atoms with E-state index in [1.165, 1.54) is 9.60 Å². The summed E-state index contributed by atoms with van der Waals surface area (Å²) in [5.41, 5.74) is 1.94. The maximum absolute atomic E-state index is 6.34. The summed E-state index contributed by atoms with van der Waals surface area (Å²) in [6, 6.07) is 15.9. The van der Waals surface area contributed by atoms with Crippen LogP contribution in [0.25, 0.3) is 21.6 Å². The van der Waals surface area contributed by atoms with E-state index in [2.05, 4.69) is 19.2 Å². The van der Waals surface area contributed by atoms with Crippen molar-refractivity contribution in [1.82, 2.24) is 19.3 Å². The molecule has 1 N–H and O–H groups in total. The summed E-state index contributed by atoms with van der Waals surface area (Å²) in [4.78, 5) is 5.98. The first kappa shape index (κ1) is 18.3. The van der Waals surface area contributed by atoms with Crippen LogP contribution in [0.1, 0.15) is 5.01 Å². The van der Waals surface area contributed by atoms with E-state index in [0.717, 1.165) is 28.5 Å². The summed E-state index contributed by atoms with van der Waals surface area (Å²) in [6.45, 7) is 1.48. The molecule has 1 unspecified atom stereocenters. The van der Waals surface area contributed by atoms with Gasteiger partial charge in [0.25, 0.3) is 0 Å². The molecule has 0 aliphatic carbocycles. The van der Waals surface area contributed by atoms with Crippen LogP contribution in [0.2, 0.25) is 5.02 Å². The van der Waals surface area contributed by atoms with Gasteiger partial charge in [0, 0.05) is 12.6 Å². The molecule has 0 aliphatic rings. The highest BCUT2D eigenvalue weighted by Gasteiger charge is 2.16. The third-order valence-electron chi connectivity index (χ3n) is 4.37. The highest BCUT2D eigenvalue weighted by molar-refractivity contribution is 7.71. The molecule has 0 amide bonds. The molecular formula is C19H19ClN5S2+. The van der Waals surface area contributed by atoms with E-state index >= 15 is 0 Å². The molecule has 0 bridgehead atoms. The summed E-state index contributed by atoms with van der Waals surface area (Å²) < 4.78 is 5.65. The molecule has 5 nitrogen and oxygen atoms in total. The first-order valence-corrected chi connectivity index (χ1v) is 10.2. The van der Waals surface area contributed by atoms with Gasteiger partial charge in [-0.15, -0.1) is 16.4 Å². The lowest BCUT2D eigenvalue weighted by Gasteiger charge is -2.11. The lowest BCUT2D eigenvalue weighted by atomic mass is 10.2. The Morgan fingerprint density at radius 2 is 1.89 bits per heavy atom. The average molecular weight is 417 g/mol. The van der Waals surface area contributed by atoms with Gasteiger partial charge in [-0.05, 0) is 36.5 Å². The third kappa shape index (κ3) is 3.68. The van der Waals surface area contributed by atoms with Gasteiger partial charge in [-0.3, -0.25) is 0 Å². The number of fused-ring (bicyclic) bond motifs is 1. The SMILES string of the molecule is Cn1c(-c2ccccc2Cl)nn(C[NH+](C)Cc2nc3ccccc3s2)c1=S. The molecule has 1 atom stereocenters. The van der Waals surface area contributed by atoms with E-state index in [1.807, 2.05) is 52.7 Å². The van der Waals surface area contributed by atoms with Crippen molar-refractivity contribution in [3.63, 3.8) is 0 Å². The zero-order valence-corrected chi connectivity index (χ0v) is 17.4. The number of quaternary nitrogens is 1. The fourth-order valence-electron chi connectivity index (χ4n) is 3.03.